The highest BCUT2D eigenvalue weighted by Crippen LogP contribution is 2.23. The molecule has 100 valence electrons. The Balaban J connectivity index is 1.89. The maximum Gasteiger partial charge on any atom is 0.213 e. The molecule has 1 heterocycles. The number of nitrogens with zero attached hydrogens (tertiary/aromatic N) is 1. The molecule has 1 aromatic rings. The lowest BCUT2D eigenvalue weighted by Crippen LogP contribution is -2.41. The average molecular weight is 249 g/mol. The summed E-state index contributed by atoms with van der Waals surface area (Å²) in [6.45, 7) is 1.65. The third-order valence-electron chi connectivity index (χ3n) is 3.79. The Kier molecular flexibility index (Phi) is 4.96. The van der Waals surface area contributed by atoms with E-state index >= 15 is 0 Å². The molecule has 1 fully saturated rings. The Bertz CT molecular complexity index is 370. The first-order valence-electron chi connectivity index (χ1n) is 6.76. The minimum atomic E-state index is 0.558. The van der Waals surface area contributed by atoms with Gasteiger partial charge in [0.05, 0.1) is 7.11 Å². The van der Waals surface area contributed by atoms with Crippen LogP contribution in [0.25, 0.3) is 0 Å². The summed E-state index contributed by atoms with van der Waals surface area (Å²) in [7, 11) is 1.64. The normalized spacial score (nSPS) is 23.9. The highest BCUT2D eigenvalue weighted by atomic mass is 16.5. The molecule has 0 amide bonds. The first kappa shape index (κ1) is 13.3. The van der Waals surface area contributed by atoms with Crippen molar-refractivity contribution < 1.29 is 4.74 Å². The number of rotatable bonds is 5. The van der Waals surface area contributed by atoms with Crippen molar-refractivity contribution in [1.29, 1.82) is 0 Å². The van der Waals surface area contributed by atoms with Crippen molar-refractivity contribution in [1.82, 2.24) is 10.3 Å². The number of nitrogens with one attached hydrogen (secondary N) is 1. The molecule has 4 heteroatoms. The monoisotopic (exact) mass is 249 g/mol. The highest BCUT2D eigenvalue weighted by Gasteiger charge is 2.23. The number of hydrogen-bond donors (Lipinski definition) is 2. The van der Waals surface area contributed by atoms with Crippen molar-refractivity contribution in [2.24, 2.45) is 11.7 Å². The molecule has 2 rings (SSSR count). The molecule has 18 heavy (non-hydrogen) atoms. The highest BCUT2D eigenvalue weighted by molar-refractivity contribution is 5.20. The summed E-state index contributed by atoms with van der Waals surface area (Å²) >= 11 is 0. The first-order chi connectivity index (χ1) is 8.83. The fourth-order valence-electron chi connectivity index (χ4n) is 2.68. The van der Waals surface area contributed by atoms with Crippen LogP contribution in [-0.2, 0) is 6.54 Å². The number of pyridine rings is 1. The van der Waals surface area contributed by atoms with Gasteiger partial charge in [0, 0.05) is 24.8 Å². The predicted octanol–water partition coefficient (Wildman–Crippen LogP) is 1.70. The summed E-state index contributed by atoms with van der Waals surface area (Å²) in [6, 6.07) is 4.56. The van der Waals surface area contributed by atoms with Gasteiger partial charge in [-0.2, -0.15) is 0 Å². The topological polar surface area (TPSA) is 60.2 Å². The second kappa shape index (κ2) is 6.71. The molecule has 0 aromatic carbocycles. The molecule has 0 saturated heterocycles. The Morgan fingerprint density at radius 1 is 1.44 bits per heavy atom. The zero-order valence-electron chi connectivity index (χ0n) is 11.1. The van der Waals surface area contributed by atoms with Gasteiger partial charge in [-0.1, -0.05) is 12.8 Å². The second-order valence-corrected chi connectivity index (χ2v) is 4.97. The molecule has 2 atom stereocenters. The molecule has 0 aliphatic heterocycles. The molecule has 1 aromatic heterocycles. The van der Waals surface area contributed by atoms with E-state index in [0.717, 1.165) is 13.1 Å². The molecule has 1 saturated carbocycles. The van der Waals surface area contributed by atoms with Crippen LogP contribution in [0.15, 0.2) is 18.3 Å². The van der Waals surface area contributed by atoms with Crippen LogP contribution >= 0.6 is 0 Å². The van der Waals surface area contributed by atoms with E-state index in [9.17, 15) is 0 Å². The van der Waals surface area contributed by atoms with E-state index in [2.05, 4.69) is 10.3 Å². The second-order valence-electron chi connectivity index (χ2n) is 4.97. The molecule has 2 unspecified atom stereocenters. The predicted molar refractivity (Wildman–Crippen MR) is 72.4 cm³/mol. The van der Waals surface area contributed by atoms with Gasteiger partial charge in [0.25, 0.3) is 0 Å². The Morgan fingerprint density at radius 2 is 2.28 bits per heavy atom. The number of hydrogen-bond acceptors (Lipinski definition) is 4. The van der Waals surface area contributed by atoms with E-state index < -0.39 is 0 Å². The summed E-state index contributed by atoms with van der Waals surface area (Å²) in [4.78, 5) is 4.11. The third kappa shape index (κ3) is 3.43. The molecule has 3 N–H and O–H groups in total. The van der Waals surface area contributed by atoms with Crippen LogP contribution in [-0.4, -0.2) is 24.7 Å². The lowest BCUT2D eigenvalue weighted by molar-refractivity contribution is 0.266. The lowest BCUT2D eigenvalue weighted by atomic mass is 9.84. The zero-order chi connectivity index (χ0) is 12.8. The minimum absolute atomic E-state index is 0.558. The zero-order valence-corrected chi connectivity index (χ0v) is 11.1. The SMILES string of the molecule is COc1cc(CNC2CCCCC2CN)ccn1. The van der Waals surface area contributed by atoms with Gasteiger partial charge in [0.2, 0.25) is 5.88 Å². The van der Waals surface area contributed by atoms with Gasteiger partial charge in [-0.25, -0.2) is 4.98 Å². The maximum absolute atomic E-state index is 5.84. The van der Waals surface area contributed by atoms with Crippen LogP contribution < -0.4 is 15.8 Å². The maximum atomic E-state index is 5.84. The van der Waals surface area contributed by atoms with Gasteiger partial charge in [0.15, 0.2) is 0 Å². The molecule has 1 aliphatic rings. The quantitative estimate of drug-likeness (QED) is 0.834. The van der Waals surface area contributed by atoms with Gasteiger partial charge < -0.3 is 15.8 Å². The number of nitrogens with two attached hydrogens (primary N) is 1. The van der Waals surface area contributed by atoms with Crippen molar-refractivity contribution in [3.05, 3.63) is 23.9 Å². The van der Waals surface area contributed by atoms with Crippen molar-refractivity contribution >= 4 is 0 Å². The Hall–Kier alpha value is -1.13. The summed E-state index contributed by atoms with van der Waals surface area (Å²) < 4.78 is 5.13. The molecule has 0 spiro atoms. The number of ether oxygens (including phenoxy) is 1. The van der Waals surface area contributed by atoms with Crippen LogP contribution in [0.4, 0.5) is 0 Å². The van der Waals surface area contributed by atoms with E-state index in [-0.39, 0.29) is 0 Å². The smallest absolute Gasteiger partial charge is 0.213 e. The van der Waals surface area contributed by atoms with E-state index in [1.54, 1.807) is 13.3 Å². The fraction of sp³-hybridized carbons (Fsp3) is 0.643. The Morgan fingerprint density at radius 3 is 3.06 bits per heavy atom. The minimum Gasteiger partial charge on any atom is -0.481 e. The number of methoxy groups -OCH3 is 1. The summed E-state index contributed by atoms with van der Waals surface area (Å²) in [6.07, 6.45) is 6.92. The largest absolute Gasteiger partial charge is 0.481 e. The molecule has 4 nitrogen and oxygen atoms in total. The van der Waals surface area contributed by atoms with Gasteiger partial charge in [-0.3, -0.25) is 0 Å². The molecule has 0 radical (unpaired) electrons. The molecule has 0 bridgehead atoms. The van der Waals surface area contributed by atoms with Crippen molar-refractivity contribution in [3.63, 3.8) is 0 Å². The van der Waals surface area contributed by atoms with Crippen molar-refractivity contribution in [2.75, 3.05) is 13.7 Å². The van der Waals surface area contributed by atoms with Gasteiger partial charge in [0.1, 0.15) is 0 Å². The van der Waals surface area contributed by atoms with E-state index in [4.69, 9.17) is 10.5 Å². The standard InChI is InChI=1S/C14H23N3O/c1-18-14-8-11(6-7-16-14)10-17-13-5-3-2-4-12(13)9-15/h6-8,12-13,17H,2-5,9-10,15H2,1H3. The van der Waals surface area contributed by atoms with Crippen molar-refractivity contribution in [3.8, 4) is 5.88 Å². The summed E-state index contributed by atoms with van der Waals surface area (Å²) in [5, 5.41) is 3.63. The van der Waals surface area contributed by atoms with Crippen LogP contribution in [0.3, 0.4) is 0 Å². The van der Waals surface area contributed by atoms with Gasteiger partial charge in [-0.15, -0.1) is 0 Å². The van der Waals surface area contributed by atoms with E-state index in [1.807, 2.05) is 12.1 Å². The fourth-order valence-corrected chi connectivity index (χ4v) is 2.68. The van der Waals surface area contributed by atoms with Crippen LogP contribution in [0.1, 0.15) is 31.2 Å². The van der Waals surface area contributed by atoms with Crippen LogP contribution in [0.2, 0.25) is 0 Å². The lowest BCUT2D eigenvalue weighted by Gasteiger charge is -2.31. The third-order valence-corrected chi connectivity index (χ3v) is 3.79. The van der Waals surface area contributed by atoms with Gasteiger partial charge in [-0.05, 0) is 36.9 Å². The molecular weight excluding hydrogens is 226 g/mol. The van der Waals surface area contributed by atoms with Crippen LogP contribution in [0, 0.1) is 5.92 Å². The summed E-state index contributed by atoms with van der Waals surface area (Å²) in [5.74, 6) is 1.30. The molecule has 1 aliphatic carbocycles. The molecular formula is C14H23N3O. The Labute approximate surface area is 109 Å². The number of aromatic nitrogens is 1. The van der Waals surface area contributed by atoms with E-state index in [0.29, 0.717) is 17.8 Å². The van der Waals surface area contributed by atoms with Crippen LogP contribution in [0.5, 0.6) is 5.88 Å². The van der Waals surface area contributed by atoms with E-state index in [1.165, 1.54) is 31.2 Å². The van der Waals surface area contributed by atoms with Crippen molar-refractivity contribution in [2.45, 2.75) is 38.3 Å². The summed E-state index contributed by atoms with van der Waals surface area (Å²) in [5.41, 5.74) is 7.05. The average Bonchev–Trinajstić information content (AvgIpc) is 2.45. The first-order valence-corrected chi connectivity index (χ1v) is 6.76. The van der Waals surface area contributed by atoms with Gasteiger partial charge >= 0.3 is 0 Å².